The summed E-state index contributed by atoms with van der Waals surface area (Å²) in [5.74, 6) is 0. The molecule has 0 amide bonds. The minimum atomic E-state index is -0.145. The molecule has 2 heterocycles. The van der Waals surface area contributed by atoms with Crippen molar-refractivity contribution in [1.29, 1.82) is 0 Å². The fourth-order valence-electron chi connectivity index (χ4n) is 0.856. The number of pyridine rings is 1. The molecule has 66 valence electrons. The maximum Gasteiger partial charge on any atom is 0.322 e. The molecule has 2 aromatic heterocycles. The summed E-state index contributed by atoms with van der Waals surface area (Å²) in [5, 5.41) is 6.89. The van der Waals surface area contributed by atoms with Gasteiger partial charge >= 0.3 is 4.87 Å². The van der Waals surface area contributed by atoms with Crippen molar-refractivity contribution in [2.45, 2.75) is 0 Å². The molecule has 0 unspecified atom stereocenters. The van der Waals surface area contributed by atoms with Crippen molar-refractivity contribution in [3.63, 3.8) is 0 Å². The van der Waals surface area contributed by atoms with Gasteiger partial charge in [-0.2, -0.15) is 5.10 Å². The lowest BCUT2D eigenvalue weighted by Gasteiger charge is -1.92. The zero-order valence-electron chi connectivity index (χ0n) is 6.32. The summed E-state index contributed by atoms with van der Waals surface area (Å²) >= 11 is 3.21. The Morgan fingerprint density at radius 2 is 2.31 bits per heavy atom. The van der Waals surface area contributed by atoms with Gasteiger partial charge in [0.05, 0.1) is 0 Å². The predicted molar refractivity (Wildman–Crippen MR) is 58.7 cm³/mol. The Morgan fingerprint density at radius 1 is 1.46 bits per heavy atom. The highest BCUT2D eigenvalue weighted by molar-refractivity contribution is 14.1. The lowest BCUT2D eigenvalue weighted by Crippen LogP contribution is -1.90. The standard InChI is InChI=1S/C7H4IN3OS/c8-5-2-1-4(3-9-5)6-10-11-7(12)13-6/h1-3H,(H,11,12). The summed E-state index contributed by atoms with van der Waals surface area (Å²) in [5.41, 5.74) is 0.865. The summed E-state index contributed by atoms with van der Waals surface area (Å²) in [6, 6.07) is 3.77. The van der Waals surface area contributed by atoms with E-state index in [0.717, 1.165) is 20.6 Å². The fourth-order valence-corrected chi connectivity index (χ4v) is 1.77. The molecule has 1 N–H and O–H groups in total. The SMILES string of the molecule is O=c1[nH]nc(-c2ccc(I)nc2)s1. The quantitative estimate of drug-likeness (QED) is 0.641. The summed E-state index contributed by atoms with van der Waals surface area (Å²) in [6.07, 6.45) is 1.70. The molecule has 0 aromatic carbocycles. The van der Waals surface area contributed by atoms with Crippen LogP contribution in [0.4, 0.5) is 0 Å². The molecule has 0 saturated carbocycles. The van der Waals surface area contributed by atoms with E-state index in [0.29, 0.717) is 5.01 Å². The average molecular weight is 305 g/mol. The fraction of sp³-hybridized carbons (Fsp3) is 0. The predicted octanol–water partition coefficient (Wildman–Crippen LogP) is 1.50. The summed E-state index contributed by atoms with van der Waals surface area (Å²) < 4.78 is 0.921. The number of aromatic nitrogens is 3. The van der Waals surface area contributed by atoms with Gasteiger partial charge in [-0.3, -0.25) is 4.79 Å². The first-order valence-electron chi connectivity index (χ1n) is 3.43. The van der Waals surface area contributed by atoms with Gasteiger partial charge < -0.3 is 0 Å². The molecule has 4 nitrogen and oxygen atoms in total. The van der Waals surface area contributed by atoms with E-state index in [1.165, 1.54) is 0 Å². The molecule has 13 heavy (non-hydrogen) atoms. The van der Waals surface area contributed by atoms with E-state index in [2.05, 4.69) is 37.8 Å². The lowest BCUT2D eigenvalue weighted by molar-refractivity contribution is 1.06. The van der Waals surface area contributed by atoms with Crippen LogP contribution in [0, 0.1) is 3.70 Å². The lowest BCUT2D eigenvalue weighted by atomic mass is 10.3. The molecule has 0 aliphatic rings. The van der Waals surface area contributed by atoms with Gasteiger partial charge in [-0.15, -0.1) is 0 Å². The van der Waals surface area contributed by atoms with Crippen molar-refractivity contribution in [1.82, 2.24) is 15.2 Å². The van der Waals surface area contributed by atoms with Crippen LogP contribution in [0.5, 0.6) is 0 Å². The van der Waals surface area contributed by atoms with Crippen molar-refractivity contribution >= 4 is 33.9 Å². The minimum absolute atomic E-state index is 0.145. The zero-order valence-corrected chi connectivity index (χ0v) is 9.29. The molecular formula is C7H4IN3OS. The number of H-pyrrole nitrogens is 1. The van der Waals surface area contributed by atoms with Crippen molar-refractivity contribution in [2.24, 2.45) is 0 Å². The molecule has 0 aliphatic heterocycles. The maximum absolute atomic E-state index is 10.8. The smallest absolute Gasteiger partial charge is 0.255 e. The van der Waals surface area contributed by atoms with Crippen LogP contribution in [0.25, 0.3) is 10.6 Å². The number of nitrogens with one attached hydrogen (secondary N) is 1. The normalized spacial score (nSPS) is 10.2. The molecule has 6 heteroatoms. The first-order chi connectivity index (χ1) is 6.25. The van der Waals surface area contributed by atoms with E-state index >= 15 is 0 Å². The van der Waals surface area contributed by atoms with E-state index in [9.17, 15) is 4.79 Å². The zero-order chi connectivity index (χ0) is 9.26. The Morgan fingerprint density at radius 3 is 2.85 bits per heavy atom. The third-order valence-electron chi connectivity index (χ3n) is 1.41. The molecule has 2 aromatic rings. The second-order valence-corrected chi connectivity index (χ2v) is 4.35. The number of aromatic amines is 1. The Hall–Kier alpha value is -0.760. The van der Waals surface area contributed by atoms with Crippen LogP contribution >= 0.6 is 33.9 Å². The van der Waals surface area contributed by atoms with Crippen molar-refractivity contribution < 1.29 is 0 Å². The second-order valence-electron chi connectivity index (χ2n) is 2.29. The number of rotatable bonds is 1. The number of nitrogens with zero attached hydrogens (tertiary/aromatic N) is 2. The Balaban J connectivity index is 2.47. The first kappa shape index (κ1) is 8.82. The molecule has 0 saturated heterocycles. The average Bonchev–Trinajstić information content (AvgIpc) is 2.53. The molecule has 0 bridgehead atoms. The van der Waals surface area contributed by atoms with Gasteiger partial charge in [-0.05, 0) is 34.7 Å². The highest BCUT2D eigenvalue weighted by atomic mass is 127. The van der Waals surface area contributed by atoms with Crippen LogP contribution < -0.4 is 4.87 Å². The molecule has 0 fully saturated rings. The van der Waals surface area contributed by atoms with Crippen molar-refractivity contribution in [2.75, 3.05) is 0 Å². The van der Waals surface area contributed by atoms with Gasteiger partial charge in [-0.1, -0.05) is 11.3 Å². The van der Waals surface area contributed by atoms with Gasteiger partial charge in [0.2, 0.25) is 0 Å². The van der Waals surface area contributed by atoms with Gasteiger partial charge in [0, 0.05) is 11.8 Å². The van der Waals surface area contributed by atoms with Crippen molar-refractivity contribution in [3.8, 4) is 10.6 Å². The van der Waals surface area contributed by atoms with Crippen LogP contribution in [0.3, 0.4) is 0 Å². The minimum Gasteiger partial charge on any atom is -0.255 e. The van der Waals surface area contributed by atoms with Crippen LogP contribution in [0.2, 0.25) is 0 Å². The summed E-state index contributed by atoms with van der Waals surface area (Å²) in [4.78, 5) is 14.8. The Bertz CT molecular complexity index is 461. The maximum atomic E-state index is 10.8. The molecule has 0 atom stereocenters. The molecule has 0 radical (unpaired) electrons. The van der Waals surface area contributed by atoms with Crippen LogP contribution in [0.15, 0.2) is 23.1 Å². The molecule has 0 spiro atoms. The third kappa shape index (κ3) is 1.94. The Kier molecular flexibility index (Phi) is 2.40. The van der Waals surface area contributed by atoms with E-state index < -0.39 is 0 Å². The van der Waals surface area contributed by atoms with Crippen molar-refractivity contribution in [3.05, 3.63) is 31.7 Å². The Labute approximate surface area is 91.2 Å². The van der Waals surface area contributed by atoms with E-state index in [4.69, 9.17) is 0 Å². The van der Waals surface area contributed by atoms with Gasteiger partial charge in [0.15, 0.2) is 0 Å². The highest BCUT2D eigenvalue weighted by Gasteiger charge is 2.02. The van der Waals surface area contributed by atoms with E-state index in [1.54, 1.807) is 6.20 Å². The van der Waals surface area contributed by atoms with Gasteiger partial charge in [0.1, 0.15) is 8.71 Å². The summed E-state index contributed by atoms with van der Waals surface area (Å²) in [6.45, 7) is 0. The first-order valence-corrected chi connectivity index (χ1v) is 5.32. The van der Waals surface area contributed by atoms with Gasteiger partial charge in [0.25, 0.3) is 0 Å². The van der Waals surface area contributed by atoms with E-state index in [1.807, 2.05) is 12.1 Å². The molecule has 0 aliphatic carbocycles. The third-order valence-corrected chi connectivity index (χ3v) is 2.85. The van der Waals surface area contributed by atoms with Crippen LogP contribution in [-0.2, 0) is 0 Å². The topological polar surface area (TPSA) is 58.6 Å². The van der Waals surface area contributed by atoms with Crippen LogP contribution in [-0.4, -0.2) is 15.2 Å². The highest BCUT2D eigenvalue weighted by Crippen LogP contribution is 2.17. The molecule has 2 rings (SSSR count). The number of hydrogen-bond donors (Lipinski definition) is 1. The monoisotopic (exact) mass is 305 g/mol. The summed E-state index contributed by atoms with van der Waals surface area (Å²) in [7, 11) is 0. The van der Waals surface area contributed by atoms with Gasteiger partial charge in [-0.25, -0.2) is 10.1 Å². The van der Waals surface area contributed by atoms with Crippen LogP contribution in [0.1, 0.15) is 0 Å². The number of hydrogen-bond acceptors (Lipinski definition) is 4. The molecular weight excluding hydrogens is 301 g/mol. The second kappa shape index (κ2) is 3.54. The van der Waals surface area contributed by atoms with E-state index in [-0.39, 0.29) is 4.87 Å². The number of halogens is 1. The largest absolute Gasteiger partial charge is 0.322 e.